The summed E-state index contributed by atoms with van der Waals surface area (Å²) in [7, 11) is 0. The zero-order chi connectivity index (χ0) is 38.4. The molecule has 272 valence electrons. The Kier molecular flexibility index (Phi) is 8.18. The molecular weight excluding hydrogens is 705 g/mol. The second-order valence-electron chi connectivity index (χ2n) is 14.7. The van der Waals surface area contributed by atoms with E-state index >= 15 is 0 Å². The van der Waals surface area contributed by atoms with Gasteiger partial charge in [0.15, 0.2) is 0 Å². The molecule has 11 rings (SSSR count). The van der Waals surface area contributed by atoms with Crippen molar-refractivity contribution in [3.63, 3.8) is 0 Å². The van der Waals surface area contributed by atoms with Crippen LogP contribution in [-0.2, 0) is 0 Å². The van der Waals surface area contributed by atoms with E-state index in [1.165, 1.54) is 11.0 Å². The Morgan fingerprint density at radius 3 is 1.40 bits per heavy atom. The molecule has 0 saturated heterocycles. The summed E-state index contributed by atoms with van der Waals surface area (Å²) < 4.78 is 2.24. The van der Waals surface area contributed by atoms with Crippen molar-refractivity contribution < 1.29 is 0 Å². The summed E-state index contributed by atoms with van der Waals surface area (Å²) in [6, 6.07) is 77.4. The number of para-hydroxylation sites is 3. The molecule has 2 aromatic heterocycles. The Balaban J connectivity index is 1.17. The third-order valence-electron chi connectivity index (χ3n) is 11.2. The largest absolute Gasteiger partial charge is 0.420 e. The maximum Gasteiger partial charge on any atom is 0.420 e. The highest BCUT2D eigenvalue weighted by atomic mass is 15.3. The summed E-state index contributed by atoms with van der Waals surface area (Å²) in [4.78, 5) is 15.6. The quantitative estimate of drug-likeness (QED) is 0.152. The Bertz CT molecular complexity index is 3000. The molecule has 0 saturated carbocycles. The van der Waals surface area contributed by atoms with Crippen molar-refractivity contribution in [1.82, 2.24) is 14.5 Å². The van der Waals surface area contributed by atoms with Gasteiger partial charge in [-0.05, 0) is 77.3 Å². The molecule has 0 spiro atoms. The number of hydrogen-bond acceptors (Lipinski definition) is 4. The fourth-order valence-corrected chi connectivity index (χ4v) is 8.56. The van der Waals surface area contributed by atoms with Crippen LogP contribution in [0.4, 0.5) is 22.7 Å². The first-order valence-electron chi connectivity index (χ1n) is 19.7. The second kappa shape index (κ2) is 14.1. The van der Waals surface area contributed by atoms with Gasteiger partial charge in [0.25, 0.3) is 0 Å². The fourth-order valence-electron chi connectivity index (χ4n) is 8.56. The lowest BCUT2D eigenvalue weighted by Crippen LogP contribution is -2.53. The Labute approximate surface area is 337 Å². The SMILES string of the molecule is c1ccc(B2N(c3ccccc3)c3ccccc3N2c2ccc3c(c2)c2cc(-c4ccccc4)ccc2n3-c2nc(-c3ccccc3)cc(-c3ccccc3)n2)cc1. The van der Waals surface area contributed by atoms with Crippen molar-refractivity contribution in [2.24, 2.45) is 0 Å². The number of anilines is 4. The summed E-state index contributed by atoms with van der Waals surface area (Å²) >= 11 is 0. The van der Waals surface area contributed by atoms with E-state index < -0.39 is 0 Å². The first kappa shape index (κ1) is 33.6. The molecule has 1 aliphatic heterocycles. The van der Waals surface area contributed by atoms with Gasteiger partial charge in [0.05, 0.1) is 33.8 Å². The van der Waals surface area contributed by atoms with E-state index in [4.69, 9.17) is 9.97 Å². The molecule has 8 aromatic carbocycles. The van der Waals surface area contributed by atoms with Crippen LogP contribution in [0.3, 0.4) is 0 Å². The zero-order valence-electron chi connectivity index (χ0n) is 31.6. The molecule has 0 amide bonds. The number of nitrogens with zero attached hydrogens (tertiary/aromatic N) is 5. The Hall–Kier alpha value is -7.70. The van der Waals surface area contributed by atoms with E-state index in [9.17, 15) is 0 Å². The highest BCUT2D eigenvalue weighted by Crippen LogP contribution is 2.47. The molecule has 5 nitrogen and oxygen atoms in total. The molecule has 0 bridgehead atoms. The third kappa shape index (κ3) is 5.73. The van der Waals surface area contributed by atoms with E-state index in [-0.39, 0.29) is 6.98 Å². The first-order valence-corrected chi connectivity index (χ1v) is 19.7. The number of hydrogen-bond donors (Lipinski definition) is 0. The van der Waals surface area contributed by atoms with Crippen molar-refractivity contribution in [3.05, 3.63) is 218 Å². The van der Waals surface area contributed by atoms with Crippen molar-refractivity contribution in [3.8, 4) is 39.6 Å². The molecule has 10 aromatic rings. The van der Waals surface area contributed by atoms with Crippen molar-refractivity contribution in [2.75, 3.05) is 9.62 Å². The van der Waals surface area contributed by atoms with Crippen LogP contribution in [-0.4, -0.2) is 21.5 Å². The van der Waals surface area contributed by atoms with Gasteiger partial charge in [-0.25, -0.2) is 9.97 Å². The topological polar surface area (TPSA) is 37.2 Å². The van der Waals surface area contributed by atoms with Crippen molar-refractivity contribution >= 4 is 57.0 Å². The normalized spacial score (nSPS) is 12.4. The van der Waals surface area contributed by atoms with Crippen LogP contribution in [0.2, 0.25) is 0 Å². The van der Waals surface area contributed by atoms with Crippen LogP contribution in [0.25, 0.3) is 61.4 Å². The van der Waals surface area contributed by atoms with Gasteiger partial charge in [-0.15, -0.1) is 0 Å². The molecule has 58 heavy (non-hydrogen) atoms. The number of aromatic nitrogens is 3. The molecule has 0 atom stereocenters. The predicted molar refractivity (Wildman–Crippen MR) is 242 cm³/mol. The summed E-state index contributed by atoms with van der Waals surface area (Å²) in [5, 5.41) is 2.26. The van der Waals surface area contributed by atoms with Crippen LogP contribution in [0.1, 0.15) is 0 Å². The van der Waals surface area contributed by atoms with Crippen LogP contribution in [0, 0.1) is 0 Å². The van der Waals surface area contributed by atoms with Crippen LogP contribution in [0.5, 0.6) is 0 Å². The molecule has 0 fully saturated rings. The van der Waals surface area contributed by atoms with Crippen molar-refractivity contribution in [2.45, 2.75) is 0 Å². The Morgan fingerprint density at radius 2 is 0.810 bits per heavy atom. The molecule has 0 aliphatic carbocycles. The lowest BCUT2D eigenvalue weighted by atomic mass is 9.64. The van der Waals surface area contributed by atoms with Gasteiger partial charge in [0, 0.05) is 33.3 Å². The molecule has 3 heterocycles. The minimum absolute atomic E-state index is 0.119. The second-order valence-corrected chi connectivity index (χ2v) is 14.7. The monoisotopic (exact) mass is 741 g/mol. The van der Waals surface area contributed by atoms with Crippen LogP contribution >= 0.6 is 0 Å². The molecule has 0 N–H and O–H groups in total. The molecule has 0 unspecified atom stereocenters. The van der Waals surface area contributed by atoms with E-state index in [0.29, 0.717) is 5.95 Å². The average Bonchev–Trinajstić information content (AvgIpc) is 3.83. The third-order valence-corrected chi connectivity index (χ3v) is 11.2. The molecular formula is C52H36BN5. The van der Waals surface area contributed by atoms with E-state index in [1.807, 2.05) is 12.1 Å². The van der Waals surface area contributed by atoms with Gasteiger partial charge in [-0.2, -0.15) is 0 Å². The maximum atomic E-state index is 5.31. The van der Waals surface area contributed by atoms with E-state index in [1.54, 1.807) is 0 Å². The van der Waals surface area contributed by atoms with Gasteiger partial charge in [-0.1, -0.05) is 158 Å². The summed E-state index contributed by atoms with van der Waals surface area (Å²) in [5.41, 5.74) is 14.0. The highest BCUT2D eigenvalue weighted by Gasteiger charge is 2.43. The van der Waals surface area contributed by atoms with Gasteiger partial charge < -0.3 is 9.62 Å². The zero-order valence-corrected chi connectivity index (χ0v) is 31.6. The minimum Gasteiger partial charge on any atom is -0.360 e. The van der Waals surface area contributed by atoms with Gasteiger partial charge in [0.1, 0.15) is 0 Å². The molecule has 0 radical (unpaired) electrons. The smallest absolute Gasteiger partial charge is 0.360 e. The maximum absolute atomic E-state index is 5.31. The predicted octanol–water partition coefficient (Wildman–Crippen LogP) is 12.3. The van der Waals surface area contributed by atoms with Crippen molar-refractivity contribution in [1.29, 1.82) is 0 Å². The number of benzene rings is 8. The van der Waals surface area contributed by atoms with Crippen LogP contribution < -0.4 is 15.1 Å². The summed E-state index contributed by atoms with van der Waals surface area (Å²) in [5.74, 6) is 0.629. The van der Waals surface area contributed by atoms with Gasteiger partial charge in [0.2, 0.25) is 5.95 Å². The fraction of sp³-hybridized carbons (Fsp3) is 0. The number of rotatable bonds is 7. The van der Waals surface area contributed by atoms with E-state index in [2.05, 4.69) is 220 Å². The standard InChI is InChI=1S/C52H36BN5/c1-6-18-37(19-7-1)40-30-32-48-44(34-40)45-35-43(58-51-29-17-16-28-50(51)57(42-26-14-5-15-27-42)53(58)41-24-12-4-13-25-41)31-33-49(45)56(48)52-54-46(38-20-8-2-9-21-38)36-47(55-52)39-22-10-3-11-23-39/h1-36H. The van der Waals surface area contributed by atoms with E-state index in [0.717, 1.165) is 72.6 Å². The average molecular weight is 742 g/mol. The van der Waals surface area contributed by atoms with Gasteiger partial charge in [-0.3, -0.25) is 4.57 Å². The lowest BCUT2D eigenvalue weighted by molar-refractivity contribution is 0.995. The molecule has 1 aliphatic rings. The lowest BCUT2D eigenvalue weighted by Gasteiger charge is -2.30. The minimum atomic E-state index is -0.119. The molecule has 6 heteroatoms. The number of fused-ring (bicyclic) bond motifs is 4. The summed E-state index contributed by atoms with van der Waals surface area (Å²) in [6.07, 6.45) is 0. The van der Waals surface area contributed by atoms with Crippen LogP contribution in [0.15, 0.2) is 218 Å². The highest BCUT2D eigenvalue weighted by molar-refractivity contribution is 6.84. The summed E-state index contributed by atoms with van der Waals surface area (Å²) in [6.45, 7) is -0.119. The van der Waals surface area contributed by atoms with Gasteiger partial charge >= 0.3 is 6.98 Å². The first-order chi connectivity index (χ1) is 28.8. The Morgan fingerprint density at radius 1 is 0.345 bits per heavy atom.